The number of aliphatic carboxylic acids is 1. The molecule has 18 atom stereocenters. The van der Waals surface area contributed by atoms with Crippen LogP contribution in [-0.4, -0.2) is 215 Å². The topological polar surface area (TPSA) is 373 Å². The van der Waals surface area contributed by atoms with Gasteiger partial charge in [0.25, 0.3) is 5.79 Å². The van der Waals surface area contributed by atoms with Crippen LogP contribution in [0.3, 0.4) is 0 Å². The van der Waals surface area contributed by atoms with Crippen LogP contribution in [0.5, 0.6) is 0 Å². The second-order valence-corrected chi connectivity index (χ2v) is 24.3. The Hall–Kier alpha value is -2.53. The van der Waals surface area contributed by atoms with Crippen molar-refractivity contribution in [2.75, 3.05) is 26.4 Å². The van der Waals surface area contributed by atoms with Crippen molar-refractivity contribution in [3.05, 3.63) is 12.2 Å². The Balaban J connectivity index is 1.63. The maximum Gasteiger partial charge on any atom is 0.364 e. The Kier molecular flexibility index (Phi) is 40.5. The number of hydrogen-bond donors (Lipinski definition) is 14. The van der Waals surface area contributed by atoms with Gasteiger partial charge in [0.15, 0.2) is 12.6 Å². The number of aliphatic hydroxyl groups is 11. The number of nitrogens with one attached hydrogen (secondary N) is 2. The number of carboxylic acids is 1. The lowest BCUT2D eigenvalue weighted by atomic mass is 9.88. The second-order valence-electron chi connectivity index (χ2n) is 24.3. The molecule has 2 amide bonds. The van der Waals surface area contributed by atoms with E-state index in [0.29, 0.717) is 19.3 Å². The Morgan fingerprint density at radius 3 is 1.57 bits per heavy atom. The predicted molar refractivity (Wildman–Crippen MR) is 320 cm³/mol. The maximum atomic E-state index is 13.4. The van der Waals surface area contributed by atoms with Crippen LogP contribution in [0.4, 0.5) is 0 Å². The Morgan fingerprint density at radius 2 is 1.08 bits per heavy atom. The van der Waals surface area contributed by atoms with Crippen molar-refractivity contribution in [3.8, 4) is 0 Å². The Labute approximate surface area is 511 Å². The van der Waals surface area contributed by atoms with Gasteiger partial charge in [0.05, 0.1) is 50.7 Å². The van der Waals surface area contributed by atoms with Gasteiger partial charge in [-0.15, -0.1) is 0 Å². The third-order valence-corrected chi connectivity index (χ3v) is 17.0. The van der Waals surface area contributed by atoms with Gasteiger partial charge in [-0.05, 0) is 38.5 Å². The SMILES string of the molecule is CCCCCCCCC/C=C\CCCCCCCC(=O)NC(COC1OC(CO)C(OC2OC(CO)C(O)C(OC3(C(=O)O)CC(O)C(NC(C)=O)C(C(O)C(O)CO)O3)C2O)C(O)C1O)C(O)CCCCCCCCCCCCCCCCCC. The van der Waals surface area contributed by atoms with Gasteiger partial charge in [-0.3, -0.25) is 9.59 Å². The zero-order valence-electron chi connectivity index (χ0n) is 52.2. The third-order valence-electron chi connectivity index (χ3n) is 17.0. The summed E-state index contributed by atoms with van der Waals surface area (Å²) >= 11 is 0. The quantitative estimate of drug-likeness (QED) is 0.0289. The molecule has 18 unspecified atom stereocenters. The normalized spacial score (nSPS) is 29.4. The summed E-state index contributed by atoms with van der Waals surface area (Å²) < 4.78 is 34.8. The molecule has 23 heteroatoms. The van der Waals surface area contributed by atoms with E-state index in [2.05, 4.69) is 36.6 Å². The molecule has 0 aromatic heterocycles. The number of carboxylic acid groups (broad SMARTS) is 1. The number of ether oxygens (including phenoxy) is 6. The van der Waals surface area contributed by atoms with Gasteiger partial charge in [0.1, 0.15) is 67.1 Å². The van der Waals surface area contributed by atoms with Crippen LogP contribution in [0.15, 0.2) is 12.2 Å². The Bertz CT molecular complexity index is 1810. The van der Waals surface area contributed by atoms with E-state index in [1.54, 1.807) is 0 Å². The van der Waals surface area contributed by atoms with E-state index < -0.39 is 148 Å². The first kappa shape index (κ1) is 77.7. The van der Waals surface area contributed by atoms with E-state index in [1.807, 2.05) is 0 Å². The molecule has 0 saturated carbocycles. The number of hydrogen-bond acceptors (Lipinski definition) is 20. The number of carbonyl (C=O) groups excluding carboxylic acids is 2. The van der Waals surface area contributed by atoms with Crippen molar-refractivity contribution in [2.45, 2.75) is 342 Å². The lowest BCUT2D eigenvalue weighted by Gasteiger charge is -2.50. The molecule has 0 bridgehead atoms. The summed E-state index contributed by atoms with van der Waals surface area (Å²) in [4.78, 5) is 38.5. The largest absolute Gasteiger partial charge is 0.477 e. The zero-order valence-corrected chi connectivity index (χ0v) is 52.2. The highest BCUT2D eigenvalue weighted by atomic mass is 16.8. The molecule has 0 aromatic carbocycles. The van der Waals surface area contributed by atoms with Crippen molar-refractivity contribution in [3.63, 3.8) is 0 Å². The fraction of sp³-hybridized carbons (Fsp3) is 0.921. The summed E-state index contributed by atoms with van der Waals surface area (Å²) in [5.41, 5.74) is 0. The lowest BCUT2D eigenvalue weighted by Crippen LogP contribution is -2.70. The molecule has 0 aromatic rings. The highest BCUT2D eigenvalue weighted by Crippen LogP contribution is 2.39. The van der Waals surface area contributed by atoms with Crippen LogP contribution < -0.4 is 10.6 Å². The van der Waals surface area contributed by atoms with Gasteiger partial charge in [-0.2, -0.15) is 0 Å². The van der Waals surface area contributed by atoms with E-state index >= 15 is 0 Å². The predicted octanol–water partition coefficient (Wildman–Crippen LogP) is 4.73. The van der Waals surface area contributed by atoms with Gasteiger partial charge in [0, 0.05) is 19.8 Å². The first-order valence-corrected chi connectivity index (χ1v) is 33.0. The first-order valence-electron chi connectivity index (χ1n) is 33.0. The van der Waals surface area contributed by atoms with Crippen molar-refractivity contribution >= 4 is 17.8 Å². The lowest BCUT2D eigenvalue weighted by molar-refractivity contribution is -0.386. The number of amides is 2. The molecule has 3 heterocycles. The third kappa shape index (κ3) is 27.9. The van der Waals surface area contributed by atoms with Crippen LogP contribution in [0.25, 0.3) is 0 Å². The van der Waals surface area contributed by atoms with Crippen LogP contribution >= 0.6 is 0 Å². The molecule has 86 heavy (non-hydrogen) atoms. The number of allylic oxidation sites excluding steroid dienone is 2. The van der Waals surface area contributed by atoms with Crippen LogP contribution in [0.1, 0.15) is 233 Å². The minimum atomic E-state index is -3.08. The molecule has 3 fully saturated rings. The second kappa shape index (κ2) is 44.9. The fourth-order valence-electron chi connectivity index (χ4n) is 11.6. The van der Waals surface area contributed by atoms with Gasteiger partial charge in [-0.1, -0.05) is 187 Å². The van der Waals surface area contributed by atoms with Crippen LogP contribution in [0.2, 0.25) is 0 Å². The minimum absolute atomic E-state index is 0.215. The highest BCUT2D eigenvalue weighted by molar-refractivity contribution is 5.77. The summed E-state index contributed by atoms with van der Waals surface area (Å²) in [7, 11) is 0. The van der Waals surface area contributed by atoms with E-state index in [-0.39, 0.29) is 18.9 Å². The molecule has 3 saturated heterocycles. The molecule has 504 valence electrons. The number of carbonyl (C=O) groups is 3. The number of unbranched alkanes of at least 4 members (excludes halogenated alkanes) is 27. The van der Waals surface area contributed by atoms with Crippen molar-refractivity contribution < 1.29 is 104 Å². The summed E-state index contributed by atoms with van der Waals surface area (Å²) in [5, 5.41) is 136. The molecule has 14 N–H and O–H groups in total. The molecule has 0 radical (unpaired) electrons. The standard InChI is InChI=1S/C63H116N2O21/c1-4-6-8-10-12-14-16-18-20-22-24-26-28-30-32-34-36-45(70)44(65-50(73)37-35-33-31-29-27-25-23-21-19-17-15-13-11-9-7-5-2)42-81-60-55(77)54(76)57(49(41-68)83-60)84-61-56(78)59(53(75)48(40-67)82-61)86-63(62(79)80)38-46(71)51(64-43(3)69)58(85-63)52(74)47(72)39-66/h21,23,44-49,51-61,66-68,70-72,74-78H,4-20,22,24-42H2,1-3H3,(H,64,69)(H,65,73)(H,79,80)/b23-21-. The summed E-state index contributed by atoms with van der Waals surface area (Å²) in [5.74, 6) is -6.11. The average molecular weight is 1240 g/mol. The van der Waals surface area contributed by atoms with Gasteiger partial charge >= 0.3 is 5.97 Å². The average Bonchev–Trinajstić information content (AvgIpc) is 1.49. The summed E-state index contributed by atoms with van der Waals surface area (Å²) in [6.07, 6.45) is 10.7. The van der Waals surface area contributed by atoms with E-state index in [0.717, 1.165) is 71.1 Å². The summed E-state index contributed by atoms with van der Waals surface area (Å²) in [6, 6.07) is -2.53. The fourth-order valence-corrected chi connectivity index (χ4v) is 11.6. The van der Waals surface area contributed by atoms with Gasteiger partial charge in [0.2, 0.25) is 11.8 Å². The molecule has 3 rings (SSSR count). The van der Waals surface area contributed by atoms with E-state index in [9.17, 15) is 75.7 Å². The van der Waals surface area contributed by atoms with Crippen molar-refractivity contribution in [1.82, 2.24) is 10.6 Å². The van der Waals surface area contributed by atoms with Gasteiger partial charge in [-0.25, -0.2) is 4.79 Å². The maximum absolute atomic E-state index is 13.4. The minimum Gasteiger partial charge on any atom is -0.477 e. The molecule has 3 aliphatic heterocycles. The smallest absolute Gasteiger partial charge is 0.364 e. The molecule has 0 aliphatic carbocycles. The van der Waals surface area contributed by atoms with Crippen LogP contribution in [0, 0.1) is 0 Å². The molecular formula is C63H116N2O21. The summed E-state index contributed by atoms with van der Waals surface area (Å²) in [6.45, 7) is 2.18. The molecule has 3 aliphatic rings. The van der Waals surface area contributed by atoms with Crippen molar-refractivity contribution in [2.24, 2.45) is 0 Å². The molecule has 23 nitrogen and oxygen atoms in total. The monoisotopic (exact) mass is 1240 g/mol. The van der Waals surface area contributed by atoms with Crippen molar-refractivity contribution in [1.29, 1.82) is 0 Å². The molecular weight excluding hydrogens is 1120 g/mol. The number of aliphatic hydroxyl groups excluding tert-OH is 11. The highest BCUT2D eigenvalue weighted by Gasteiger charge is 2.60. The van der Waals surface area contributed by atoms with Crippen LogP contribution in [-0.2, 0) is 42.8 Å². The zero-order chi connectivity index (χ0) is 63.3. The number of rotatable bonds is 49. The molecule has 0 spiro atoms. The van der Waals surface area contributed by atoms with E-state index in [4.69, 9.17) is 28.4 Å². The van der Waals surface area contributed by atoms with E-state index in [1.165, 1.54) is 116 Å². The first-order chi connectivity index (χ1) is 41.4. The Morgan fingerprint density at radius 1 is 0.593 bits per heavy atom. The van der Waals surface area contributed by atoms with Gasteiger partial charge < -0.3 is 100 Å².